The van der Waals surface area contributed by atoms with Crippen LogP contribution in [0.3, 0.4) is 0 Å². The average Bonchev–Trinajstić information content (AvgIpc) is 1.68. The second-order valence-electron chi connectivity index (χ2n) is 25.0. The molecule has 10 rings (SSSR count). The van der Waals surface area contributed by atoms with Crippen molar-refractivity contribution in [2.75, 3.05) is 73.0 Å². The Kier molecular flexibility index (Phi) is 23.7. The van der Waals surface area contributed by atoms with Crippen LogP contribution in [0, 0.1) is 18.8 Å². The molecular formula is C70H90N8O13S. The molecule has 2 saturated heterocycles. The predicted octanol–water partition coefficient (Wildman–Crippen LogP) is 7.10. The van der Waals surface area contributed by atoms with Gasteiger partial charge in [0.25, 0.3) is 5.91 Å². The number of amides is 6. The standard InChI is InChI=1S/C70H90N8O13S/c1-44(2)63(78-40-51-18-10-12-23-57(51)68(78)83)70(85)76-41-52(79)36-59(76)66(81)72-39-50-26-25-49(64-45(3)73-43-92-64)35-61(50)90-34-32-88-30-28-86-27-29-87-31-33-89-53-20-14-21-54(37-53)91-55-38-60(67(82)74-58-24-13-19-47-15-9-11-22-56(47)58)77(42-55)69(84)62(48-16-7-6-8-17-48)75-65(80)46(4)71-5/h9-12,14-15,18,20-23,25-26,35,37,43-44,46,48,52,55,58-60,62-63,71,79H,6-8,13,16-17,19,24,27-34,36,38-42H2,1-5H3,(H,72,81)(H,74,82)(H,75,80)/t46-,52+,55-,58+,59-,60-,62-,63-/m0/s1. The molecule has 5 aliphatic rings. The topological polar surface area (TPSA) is 249 Å². The first-order chi connectivity index (χ1) is 44.6. The molecule has 0 spiro atoms. The monoisotopic (exact) mass is 1280 g/mol. The van der Waals surface area contributed by atoms with Crippen LogP contribution in [0.15, 0.2) is 96.5 Å². The molecule has 4 aromatic carbocycles. The highest BCUT2D eigenvalue weighted by Crippen LogP contribution is 2.36. The van der Waals surface area contributed by atoms with Crippen molar-refractivity contribution in [1.82, 2.24) is 41.0 Å². The number of thiazole rings is 1. The lowest BCUT2D eigenvalue weighted by atomic mass is 9.83. The summed E-state index contributed by atoms with van der Waals surface area (Å²) in [6.07, 6.45) is 6.36. The second kappa shape index (κ2) is 32.4. The number of aliphatic hydroxyl groups is 1. The zero-order chi connectivity index (χ0) is 64.7. The molecule has 1 aromatic heterocycles. The number of likely N-dealkylation sites (N-methyl/N-ethyl adjacent to an activating group) is 1. The third-order valence-corrected chi connectivity index (χ3v) is 19.3. The molecule has 5 N–H and O–H groups in total. The second-order valence-corrected chi connectivity index (χ2v) is 25.9. The summed E-state index contributed by atoms with van der Waals surface area (Å²) < 4.78 is 36.4. The Morgan fingerprint density at radius 2 is 1.40 bits per heavy atom. The van der Waals surface area contributed by atoms with E-state index in [1.165, 1.54) is 21.8 Å². The SMILES string of the molecule is CN[C@@H](C)C(=O)N[C@H](C(=O)N1C[C@@H](Oc2cccc(OCCOCCOCCOCCOc3cc(-c4scnc4C)ccc3CNC(=O)[C@@H]3C[C@@H](O)CN3C(=O)[C@H](C(C)C)N3Cc4ccccc4C3=O)c2)C[C@H]1C(=O)N[C@@H]1CCCc2ccccc21)C1CCCCC1. The van der Waals surface area contributed by atoms with E-state index in [2.05, 4.69) is 38.4 Å². The number of carbonyl (C=O) groups is 6. The molecule has 6 amide bonds. The Hall–Kier alpha value is -7.47. The molecule has 4 heterocycles. The first kappa shape index (κ1) is 67.4. The molecule has 3 fully saturated rings. The van der Waals surface area contributed by atoms with E-state index in [9.17, 15) is 33.9 Å². The molecule has 2 aliphatic carbocycles. The number of fused-ring (bicyclic) bond motifs is 2. The number of aromatic nitrogens is 1. The van der Waals surface area contributed by atoms with Crippen molar-refractivity contribution in [2.24, 2.45) is 11.8 Å². The summed E-state index contributed by atoms with van der Waals surface area (Å²) in [6.45, 7) is 10.4. The first-order valence-electron chi connectivity index (χ1n) is 32.8. The van der Waals surface area contributed by atoms with Gasteiger partial charge < -0.3 is 69.5 Å². The Bertz CT molecular complexity index is 3340. The Morgan fingerprint density at radius 3 is 2.12 bits per heavy atom. The zero-order valence-electron chi connectivity index (χ0n) is 53.6. The van der Waals surface area contributed by atoms with E-state index in [-0.39, 0.29) is 99.7 Å². The Morgan fingerprint density at radius 1 is 0.717 bits per heavy atom. The van der Waals surface area contributed by atoms with E-state index < -0.39 is 48.3 Å². The van der Waals surface area contributed by atoms with Crippen LogP contribution in [0.5, 0.6) is 17.2 Å². The lowest BCUT2D eigenvalue weighted by molar-refractivity contribution is -0.143. The maximum atomic E-state index is 14.9. The molecule has 0 unspecified atom stereocenters. The van der Waals surface area contributed by atoms with E-state index in [4.69, 9.17) is 28.4 Å². The van der Waals surface area contributed by atoms with Crippen molar-refractivity contribution in [3.8, 4) is 27.7 Å². The molecule has 1 saturated carbocycles. The van der Waals surface area contributed by atoms with Gasteiger partial charge >= 0.3 is 0 Å². The van der Waals surface area contributed by atoms with Crippen LogP contribution in [0.25, 0.3) is 10.4 Å². The summed E-state index contributed by atoms with van der Waals surface area (Å²) in [7, 11) is 1.72. The fourth-order valence-electron chi connectivity index (χ4n) is 13.4. The highest BCUT2D eigenvalue weighted by atomic mass is 32.1. The normalized spacial score (nSPS) is 20.7. The maximum Gasteiger partial charge on any atom is 0.255 e. The number of carbonyl (C=O) groups excluding carboxylic acids is 6. The van der Waals surface area contributed by atoms with E-state index in [0.29, 0.717) is 68.0 Å². The summed E-state index contributed by atoms with van der Waals surface area (Å²) in [5, 5.41) is 23.2. The molecule has 5 aromatic rings. The summed E-state index contributed by atoms with van der Waals surface area (Å²) >= 11 is 1.52. The number of ether oxygens (including phenoxy) is 6. The smallest absolute Gasteiger partial charge is 0.255 e. The molecule has 21 nitrogen and oxygen atoms in total. The number of aryl methyl sites for hydroxylation is 2. The number of nitrogens with one attached hydrogen (secondary N) is 4. The Labute approximate surface area is 543 Å². The largest absolute Gasteiger partial charge is 0.491 e. The minimum atomic E-state index is -0.932. The zero-order valence-corrected chi connectivity index (χ0v) is 54.4. The van der Waals surface area contributed by atoms with E-state index >= 15 is 0 Å². The number of hydrogen-bond donors (Lipinski definition) is 5. The van der Waals surface area contributed by atoms with Gasteiger partial charge in [0.1, 0.15) is 60.7 Å². The molecule has 494 valence electrons. The van der Waals surface area contributed by atoms with Crippen molar-refractivity contribution < 1.29 is 62.3 Å². The van der Waals surface area contributed by atoms with Gasteiger partial charge in [-0.25, -0.2) is 4.98 Å². The number of rotatable bonds is 30. The fourth-order valence-corrected chi connectivity index (χ4v) is 14.2. The highest BCUT2D eigenvalue weighted by Gasteiger charge is 2.48. The molecule has 0 radical (unpaired) electrons. The molecule has 8 atom stereocenters. The quantitative estimate of drug-likeness (QED) is 0.0288. The van der Waals surface area contributed by atoms with Crippen LogP contribution in [0.2, 0.25) is 0 Å². The van der Waals surface area contributed by atoms with Crippen molar-refractivity contribution in [3.05, 3.63) is 130 Å². The molecule has 3 aliphatic heterocycles. The van der Waals surface area contributed by atoms with Crippen LogP contribution in [-0.2, 0) is 57.7 Å². The van der Waals surface area contributed by atoms with Gasteiger partial charge in [-0.1, -0.05) is 93.8 Å². The minimum Gasteiger partial charge on any atom is -0.491 e. The minimum absolute atomic E-state index is 0.0161. The van der Waals surface area contributed by atoms with E-state index in [1.54, 1.807) is 47.5 Å². The van der Waals surface area contributed by atoms with Crippen LogP contribution < -0.4 is 35.5 Å². The molecule has 0 bridgehead atoms. The summed E-state index contributed by atoms with van der Waals surface area (Å²) in [4.78, 5) is 94.6. The molecular weight excluding hydrogens is 1190 g/mol. The van der Waals surface area contributed by atoms with E-state index in [1.807, 2.05) is 81.4 Å². The van der Waals surface area contributed by atoms with Crippen molar-refractivity contribution in [3.63, 3.8) is 0 Å². The number of aliphatic hydroxyl groups excluding tert-OH is 1. The van der Waals surface area contributed by atoms with Gasteiger partial charge in [-0.3, -0.25) is 28.8 Å². The number of β-amino-alcohol motifs (C(OH)–C–C–N with tert-alkyl or cyclic N) is 1. The fraction of sp³-hybridized carbons (Fsp3) is 0.529. The van der Waals surface area contributed by atoms with Crippen molar-refractivity contribution >= 4 is 46.8 Å². The lowest BCUT2D eigenvalue weighted by Crippen LogP contribution is -2.58. The van der Waals surface area contributed by atoms with Crippen molar-refractivity contribution in [2.45, 2.75) is 153 Å². The summed E-state index contributed by atoms with van der Waals surface area (Å²) in [5.74, 6) is -0.350. The van der Waals surface area contributed by atoms with Gasteiger partial charge in [0.15, 0.2) is 0 Å². The third kappa shape index (κ3) is 16.8. The highest BCUT2D eigenvalue weighted by molar-refractivity contribution is 7.13. The van der Waals surface area contributed by atoms with Gasteiger partial charge in [-0.05, 0) is 111 Å². The molecule has 22 heteroatoms. The first-order valence-corrected chi connectivity index (χ1v) is 33.6. The van der Waals surface area contributed by atoms with Gasteiger partial charge in [0.05, 0.1) is 80.5 Å². The van der Waals surface area contributed by atoms with Crippen LogP contribution in [0.4, 0.5) is 0 Å². The maximum absolute atomic E-state index is 14.9. The third-order valence-electron chi connectivity index (χ3n) is 18.3. The lowest BCUT2D eigenvalue weighted by Gasteiger charge is -2.35. The number of likely N-dealkylation sites (tertiary alicyclic amines) is 2. The van der Waals surface area contributed by atoms with Crippen LogP contribution >= 0.6 is 11.3 Å². The molecule has 92 heavy (non-hydrogen) atoms. The van der Waals surface area contributed by atoms with Crippen molar-refractivity contribution in [1.29, 1.82) is 0 Å². The summed E-state index contributed by atoms with van der Waals surface area (Å²) in [6, 6.07) is 24.6. The van der Waals surface area contributed by atoms with E-state index in [0.717, 1.165) is 78.6 Å². The Balaban J connectivity index is 0.654. The van der Waals surface area contributed by atoms with Gasteiger partial charge in [0.2, 0.25) is 29.5 Å². The predicted molar refractivity (Wildman–Crippen MR) is 347 cm³/mol. The average molecular weight is 1280 g/mol. The van der Waals surface area contributed by atoms with Crippen LogP contribution in [0.1, 0.15) is 123 Å². The van der Waals surface area contributed by atoms with Gasteiger partial charge in [-0.15, -0.1) is 11.3 Å². The van der Waals surface area contributed by atoms with Gasteiger partial charge in [0, 0.05) is 49.7 Å². The number of benzene rings is 4. The number of hydrogen-bond acceptors (Lipinski definition) is 16. The summed E-state index contributed by atoms with van der Waals surface area (Å²) in [5.41, 5.74) is 8.05. The number of nitrogens with zero attached hydrogens (tertiary/aromatic N) is 4. The van der Waals surface area contributed by atoms with Crippen LogP contribution in [-0.4, -0.2) is 176 Å². The van der Waals surface area contributed by atoms with Gasteiger partial charge in [-0.2, -0.15) is 0 Å².